The summed E-state index contributed by atoms with van der Waals surface area (Å²) in [6.45, 7) is 0. The molecule has 0 spiro atoms. The van der Waals surface area contributed by atoms with Crippen LogP contribution in [-0.4, -0.2) is 30.4 Å². The fourth-order valence-corrected chi connectivity index (χ4v) is 9.74. The fourth-order valence-electron chi connectivity index (χ4n) is 0.208. The van der Waals surface area contributed by atoms with Crippen molar-refractivity contribution in [3.63, 3.8) is 0 Å². The van der Waals surface area contributed by atoms with Crippen LogP contribution in [0.5, 0.6) is 0 Å². The summed E-state index contributed by atoms with van der Waals surface area (Å²) in [7, 11) is 2.56. The SMILES string of the molecule is C1=[CH][Ge]=[Si][Si-]1. The van der Waals surface area contributed by atoms with Gasteiger partial charge in [-0.25, -0.2) is 0 Å². The Morgan fingerprint density at radius 1 is 1.80 bits per heavy atom. The molecule has 23 valence electrons. The van der Waals surface area contributed by atoms with Crippen LogP contribution in [0.25, 0.3) is 0 Å². The molecule has 0 aromatic rings. The molecular weight excluding hydrogens is 153 g/mol. The van der Waals surface area contributed by atoms with E-state index in [1.165, 1.54) is 16.1 Å². The summed E-state index contributed by atoms with van der Waals surface area (Å²) in [6, 6.07) is 0. The predicted octanol–water partition coefficient (Wildman–Crippen LogP) is -0.586. The molecule has 0 atom stereocenters. The fraction of sp³-hybridized carbons (Fsp3) is 0. The molecule has 3 radical (unpaired) electrons. The van der Waals surface area contributed by atoms with Crippen LogP contribution in [0, 0.1) is 0 Å². The minimum absolute atomic E-state index is 0.498. The van der Waals surface area contributed by atoms with Crippen LogP contribution < -0.4 is 0 Å². The first-order valence-electron chi connectivity index (χ1n) is 1.41. The van der Waals surface area contributed by atoms with E-state index in [9.17, 15) is 0 Å². The molecule has 0 saturated carbocycles. The van der Waals surface area contributed by atoms with Crippen molar-refractivity contribution in [2.75, 3.05) is 0 Å². The van der Waals surface area contributed by atoms with Gasteiger partial charge in [0.1, 0.15) is 0 Å². The summed E-state index contributed by atoms with van der Waals surface area (Å²) < 4.78 is 0. The third-order valence-electron chi connectivity index (χ3n) is 0.394. The van der Waals surface area contributed by atoms with Gasteiger partial charge in [-0.05, 0) is 0 Å². The van der Waals surface area contributed by atoms with Crippen LogP contribution in [0.4, 0.5) is 0 Å². The van der Waals surface area contributed by atoms with Crippen molar-refractivity contribution in [1.82, 2.24) is 0 Å². The van der Waals surface area contributed by atoms with Gasteiger partial charge in [0.05, 0.1) is 0 Å². The van der Waals surface area contributed by atoms with Crippen molar-refractivity contribution < 1.29 is 0 Å². The summed E-state index contributed by atoms with van der Waals surface area (Å²) >= 11 is 0.498. The minimum atomic E-state index is 0.498. The molecule has 1 rings (SSSR count). The Labute approximate surface area is 41.4 Å². The molecule has 0 fully saturated rings. The van der Waals surface area contributed by atoms with Crippen LogP contribution in [0.3, 0.4) is 0 Å². The van der Waals surface area contributed by atoms with E-state index in [-0.39, 0.29) is 0 Å². The van der Waals surface area contributed by atoms with E-state index >= 15 is 0 Å². The zero-order valence-corrected chi connectivity index (χ0v) is 6.75. The van der Waals surface area contributed by atoms with E-state index in [1.807, 2.05) is 0 Å². The van der Waals surface area contributed by atoms with Crippen molar-refractivity contribution in [3.05, 3.63) is 10.6 Å². The Morgan fingerprint density at radius 3 is 3.00 bits per heavy atom. The molecular formula is C2H2GeSi2-. The first-order valence-corrected chi connectivity index (χ1v) is 8.85. The second kappa shape index (κ2) is 1.99. The molecule has 0 aliphatic carbocycles. The van der Waals surface area contributed by atoms with Crippen molar-refractivity contribution in [3.8, 4) is 0 Å². The Kier molecular flexibility index (Phi) is 1.55. The van der Waals surface area contributed by atoms with Gasteiger partial charge in [-0.2, -0.15) is 0 Å². The van der Waals surface area contributed by atoms with Gasteiger partial charge in [0.15, 0.2) is 0 Å². The average molecular weight is 155 g/mol. The van der Waals surface area contributed by atoms with Crippen LogP contribution in [0.15, 0.2) is 10.6 Å². The molecule has 0 aromatic carbocycles. The summed E-state index contributed by atoms with van der Waals surface area (Å²) in [5.41, 5.74) is 2.33. The van der Waals surface area contributed by atoms with Gasteiger partial charge in [-0.15, -0.1) is 0 Å². The van der Waals surface area contributed by atoms with Gasteiger partial charge in [0, 0.05) is 0 Å². The molecule has 0 bridgehead atoms. The summed E-state index contributed by atoms with van der Waals surface area (Å²) in [5.74, 6) is 0. The van der Waals surface area contributed by atoms with Crippen LogP contribution in [0.2, 0.25) is 0 Å². The topological polar surface area (TPSA) is 0 Å². The van der Waals surface area contributed by atoms with Gasteiger partial charge >= 0.3 is 41.0 Å². The molecule has 0 saturated heterocycles. The number of hydrogen-bond acceptors (Lipinski definition) is 0. The van der Waals surface area contributed by atoms with E-state index in [0.29, 0.717) is 14.3 Å². The van der Waals surface area contributed by atoms with E-state index in [4.69, 9.17) is 0 Å². The van der Waals surface area contributed by atoms with Gasteiger partial charge < -0.3 is 0 Å². The molecule has 0 N–H and O–H groups in total. The Morgan fingerprint density at radius 2 is 2.80 bits per heavy atom. The van der Waals surface area contributed by atoms with E-state index < -0.39 is 0 Å². The predicted molar refractivity (Wildman–Crippen MR) is 26.4 cm³/mol. The normalized spacial score (nSPS) is 16.0. The maximum absolute atomic E-state index is 2.39. The summed E-state index contributed by atoms with van der Waals surface area (Å²) in [5, 5.41) is 0. The van der Waals surface area contributed by atoms with Crippen molar-refractivity contribution >= 4 is 30.4 Å². The maximum atomic E-state index is 2.39. The van der Waals surface area contributed by atoms with Crippen LogP contribution >= 0.6 is 0 Å². The molecule has 0 nitrogen and oxygen atoms in total. The molecule has 0 aromatic heterocycles. The average Bonchev–Trinajstić information content (AvgIpc) is 1.76. The van der Waals surface area contributed by atoms with Gasteiger partial charge in [-0.3, -0.25) is 0 Å². The number of rotatable bonds is 0. The second-order valence-corrected chi connectivity index (χ2v) is 10.8. The molecule has 5 heavy (non-hydrogen) atoms. The molecule has 1 aliphatic rings. The van der Waals surface area contributed by atoms with Crippen LogP contribution in [0.1, 0.15) is 0 Å². The van der Waals surface area contributed by atoms with E-state index in [1.54, 1.807) is 0 Å². The number of hydrogen-bond donors (Lipinski definition) is 0. The Bertz CT molecular complexity index is 65.7. The van der Waals surface area contributed by atoms with Gasteiger partial charge in [-0.1, -0.05) is 0 Å². The molecule has 0 amide bonds. The van der Waals surface area contributed by atoms with Crippen molar-refractivity contribution in [1.29, 1.82) is 0 Å². The third-order valence-corrected chi connectivity index (χ3v) is 10.1. The standard InChI is InChI=1S/C2H2GeSi2/c1-2-4-5-3-1/h1-2H/q-1. The third kappa shape index (κ3) is 1.07. The zero-order valence-electron chi connectivity index (χ0n) is 2.65. The summed E-state index contributed by atoms with van der Waals surface area (Å²) in [4.78, 5) is 2.39. The molecule has 0 unspecified atom stereocenters. The van der Waals surface area contributed by atoms with Crippen molar-refractivity contribution in [2.24, 2.45) is 0 Å². The van der Waals surface area contributed by atoms with E-state index in [2.05, 4.69) is 10.6 Å². The van der Waals surface area contributed by atoms with E-state index in [0.717, 1.165) is 0 Å². The zero-order chi connectivity index (χ0) is 3.54. The van der Waals surface area contributed by atoms with Crippen molar-refractivity contribution in [2.45, 2.75) is 0 Å². The van der Waals surface area contributed by atoms with Crippen LogP contribution in [-0.2, 0) is 0 Å². The summed E-state index contributed by atoms with van der Waals surface area (Å²) in [6.07, 6.45) is 0. The molecule has 3 heteroatoms. The quantitative estimate of drug-likeness (QED) is 0.410. The Hall–Kier alpha value is 0.717. The first kappa shape index (κ1) is 3.89. The van der Waals surface area contributed by atoms with Gasteiger partial charge in [0.2, 0.25) is 0 Å². The second-order valence-electron chi connectivity index (χ2n) is 0.747. The van der Waals surface area contributed by atoms with Gasteiger partial charge in [0.25, 0.3) is 0 Å². The molecule has 1 heterocycles. The Balaban J connectivity index is 2.61. The monoisotopic (exact) mass is 156 g/mol. The first-order chi connectivity index (χ1) is 2.50. The molecule has 1 aliphatic heterocycles.